The maximum Gasteiger partial charge on any atom is 0.239 e. The summed E-state index contributed by atoms with van der Waals surface area (Å²) in [4.78, 5) is 11.5. The predicted molar refractivity (Wildman–Crippen MR) is 70.8 cm³/mol. The van der Waals surface area contributed by atoms with E-state index >= 15 is 0 Å². The average molecular weight is 261 g/mol. The average Bonchev–Trinajstić information content (AvgIpc) is 2.33. The Hall–Kier alpha value is -0.840. The van der Waals surface area contributed by atoms with Gasteiger partial charge in [0.05, 0.1) is 6.61 Å². The molecule has 0 bridgehead atoms. The van der Waals surface area contributed by atoms with E-state index < -0.39 is 6.04 Å². The van der Waals surface area contributed by atoms with Crippen molar-refractivity contribution in [2.45, 2.75) is 26.3 Å². The van der Waals surface area contributed by atoms with Crippen LogP contribution in [0.5, 0.6) is 0 Å². The molecule has 0 fully saturated rings. The molecule has 0 heterocycles. The van der Waals surface area contributed by atoms with Crippen LogP contribution in [0.15, 0.2) is 22.8 Å². The van der Waals surface area contributed by atoms with E-state index in [4.69, 9.17) is 22.1 Å². The molecule has 3 N–H and O–H groups in total. The zero-order valence-electron chi connectivity index (χ0n) is 10.6. The molecule has 0 aliphatic rings. The lowest BCUT2D eigenvalue weighted by molar-refractivity contribution is -0.123. The summed E-state index contributed by atoms with van der Waals surface area (Å²) < 4.78 is 4.81. The lowest BCUT2D eigenvalue weighted by atomic mass is 10.2. The molecule has 0 aromatic rings. The number of hydrogen-bond donors (Lipinski definition) is 2. The van der Waals surface area contributed by atoms with Crippen molar-refractivity contribution in [1.29, 1.82) is 0 Å². The SMILES string of the molecule is C/C=C\C(CNC(=O)C(N)COC)=C(\Cl)CC. The number of amides is 1. The molecule has 1 amide bonds. The molecule has 4 nitrogen and oxygen atoms in total. The van der Waals surface area contributed by atoms with E-state index in [0.717, 1.165) is 17.0 Å². The van der Waals surface area contributed by atoms with Crippen LogP contribution in [-0.4, -0.2) is 32.2 Å². The summed E-state index contributed by atoms with van der Waals surface area (Å²) >= 11 is 6.06. The molecule has 0 aliphatic carbocycles. The second-order valence-corrected chi connectivity index (χ2v) is 4.02. The third-order valence-corrected chi connectivity index (χ3v) is 2.67. The quantitative estimate of drug-likeness (QED) is 0.683. The van der Waals surface area contributed by atoms with Gasteiger partial charge in [0.25, 0.3) is 0 Å². The van der Waals surface area contributed by atoms with Gasteiger partial charge in [0.15, 0.2) is 0 Å². The van der Waals surface area contributed by atoms with E-state index in [2.05, 4.69) is 5.32 Å². The van der Waals surface area contributed by atoms with Crippen molar-refractivity contribution in [2.24, 2.45) is 5.73 Å². The molecule has 98 valence electrons. The highest BCUT2D eigenvalue weighted by atomic mass is 35.5. The molecule has 0 spiro atoms. The Morgan fingerprint density at radius 2 is 2.24 bits per heavy atom. The number of nitrogens with one attached hydrogen (secondary N) is 1. The van der Waals surface area contributed by atoms with Crippen molar-refractivity contribution >= 4 is 17.5 Å². The molecular formula is C12H21ClN2O2. The third kappa shape index (κ3) is 6.46. The number of hydrogen-bond acceptors (Lipinski definition) is 3. The van der Waals surface area contributed by atoms with E-state index in [1.807, 2.05) is 26.0 Å². The minimum absolute atomic E-state index is 0.204. The first-order valence-electron chi connectivity index (χ1n) is 5.59. The molecule has 0 aliphatic heterocycles. The summed E-state index contributed by atoms with van der Waals surface area (Å²) in [5.74, 6) is -0.241. The number of carbonyl (C=O) groups excluding carboxylic acids is 1. The summed E-state index contributed by atoms with van der Waals surface area (Å²) in [5.41, 5.74) is 6.49. The first-order valence-corrected chi connectivity index (χ1v) is 5.97. The van der Waals surface area contributed by atoms with Crippen LogP contribution in [0.1, 0.15) is 20.3 Å². The fourth-order valence-electron chi connectivity index (χ4n) is 1.24. The molecule has 1 unspecified atom stereocenters. The second-order valence-electron chi connectivity index (χ2n) is 3.56. The number of ether oxygens (including phenoxy) is 1. The molecule has 0 saturated carbocycles. The highest BCUT2D eigenvalue weighted by Crippen LogP contribution is 2.14. The van der Waals surface area contributed by atoms with Crippen molar-refractivity contribution in [3.8, 4) is 0 Å². The van der Waals surface area contributed by atoms with Crippen molar-refractivity contribution in [3.05, 3.63) is 22.8 Å². The van der Waals surface area contributed by atoms with Crippen molar-refractivity contribution in [3.63, 3.8) is 0 Å². The van der Waals surface area contributed by atoms with Gasteiger partial charge in [-0.3, -0.25) is 4.79 Å². The van der Waals surface area contributed by atoms with Gasteiger partial charge in [-0.15, -0.1) is 0 Å². The van der Waals surface area contributed by atoms with Crippen LogP contribution in [0.25, 0.3) is 0 Å². The van der Waals surface area contributed by atoms with Crippen molar-refractivity contribution in [1.82, 2.24) is 5.32 Å². The van der Waals surface area contributed by atoms with E-state index in [1.165, 1.54) is 7.11 Å². The summed E-state index contributed by atoms with van der Waals surface area (Å²) in [6.45, 7) is 4.45. The first-order chi connectivity index (χ1) is 8.06. The standard InChI is InChI=1S/C12H21ClN2O2/c1-4-6-9(10(13)5-2)7-15-12(16)11(14)8-17-3/h4,6,11H,5,7-8,14H2,1-3H3,(H,15,16)/b6-4-,10-9-. The predicted octanol–water partition coefficient (Wildman–Crippen LogP) is 1.56. The van der Waals surface area contributed by atoms with Gasteiger partial charge in [0.2, 0.25) is 5.91 Å². The Bertz CT molecular complexity index is 301. The molecule has 5 heteroatoms. The molecular weight excluding hydrogens is 240 g/mol. The summed E-state index contributed by atoms with van der Waals surface area (Å²) in [6, 6.07) is -0.646. The van der Waals surface area contributed by atoms with Gasteiger partial charge in [0.1, 0.15) is 6.04 Å². The van der Waals surface area contributed by atoms with Crippen LogP contribution in [0.4, 0.5) is 0 Å². The van der Waals surface area contributed by atoms with Crippen LogP contribution in [0.2, 0.25) is 0 Å². The van der Waals surface area contributed by atoms with Gasteiger partial charge in [-0.25, -0.2) is 0 Å². The zero-order valence-corrected chi connectivity index (χ0v) is 11.4. The first kappa shape index (κ1) is 16.2. The van der Waals surface area contributed by atoms with Crippen molar-refractivity contribution < 1.29 is 9.53 Å². The van der Waals surface area contributed by atoms with Gasteiger partial charge in [0, 0.05) is 18.7 Å². The Morgan fingerprint density at radius 1 is 1.59 bits per heavy atom. The van der Waals surface area contributed by atoms with E-state index in [-0.39, 0.29) is 12.5 Å². The lowest BCUT2D eigenvalue weighted by Crippen LogP contribution is -2.44. The van der Waals surface area contributed by atoms with Crippen LogP contribution < -0.4 is 11.1 Å². The number of methoxy groups -OCH3 is 1. The van der Waals surface area contributed by atoms with Crippen LogP contribution in [0, 0.1) is 0 Å². The number of rotatable bonds is 7. The second kappa shape index (κ2) is 9.22. The fraction of sp³-hybridized carbons (Fsp3) is 0.583. The molecule has 0 aromatic heterocycles. The third-order valence-electron chi connectivity index (χ3n) is 2.16. The molecule has 1 atom stereocenters. The molecule has 0 radical (unpaired) electrons. The monoisotopic (exact) mass is 260 g/mol. The summed E-state index contributed by atoms with van der Waals surface area (Å²) in [5, 5.41) is 3.47. The largest absolute Gasteiger partial charge is 0.383 e. The topological polar surface area (TPSA) is 64.4 Å². The molecule has 17 heavy (non-hydrogen) atoms. The minimum Gasteiger partial charge on any atom is -0.383 e. The Labute approximate surface area is 108 Å². The van der Waals surface area contributed by atoms with Gasteiger partial charge in [-0.2, -0.15) is 0 Å². The number of carbonyl (C=O) groups is 1. The minimum atomic E-state index is -0.646. The number of allylic oxidation sites excluding steroid dienone is 2. The van der Waals surface area contributed by atoms with E-state index in [1.54, 1.807) is 0 Å². The van der Waals surface area contributed by atoms with E-state index in [9.17, 15) is 4.79 Å². The summed E-state index contributed by atoms with van der Waals surface area (Å²) in [6.07, 6.45) is 4.50. The van der Waals surface area contributed by atoms with Gasteiger partial charge in [-0.1, -0.05) is 30.7 Å². The zero-order chi connectivity index (χ0) is 13.3. The van der Waals surface area contributed by atoms with E-state index in [0.29, 0.717) is 6.54 Å². The van der Waals surface area contributed by atoms with Crippen LogP contribution in [0.3, 0.4) is 0 Å². The van der Waals surface area contributed by atoms with Crippen LogP contribution >= 0.6 is 11.6 Å². The van der Waals surface area contributed by atoms with Crippen LogP contribution in [-0.2, 0) is 9.53 Å². The summed E-state index contributed by atoms with van der Waals surface area (Å²) in [7, 11) is 1.51. The molecule has 0 aromatic carbocycles. The van der Waals surface area contributed by atoms with Crippen molar-refractivity contribution in [2.75, 3.05) is 20.3 Å². The normalized spacial score (nSPS) is 14.6. The lowest BCUT2D eigenvalue weighted by Gasteiger charge is -2.12. The smallest absolute Gasteiger partial charge is 0.239 e. The maximum atomic E-state index is 11.5. The maximum absolute atomic E-state index is 11.5. The fourth-order valence-corrected chi connectivity index (χ4v) is 1.37. The van der Waals surface area contributed by atoms with Gasteiger partial charge >= 0.3 is 0 Å². The number of halogens is 1. The van der Waals surface area contributed by atoms with Gasteiger partial charge < -0.3 is 15.8 Å². The Morgan fingerprint density at radius 3 is 2.71 bits per heavy atom. The highest BCUT2D eigenvalue weighted by molar-refractivity contribution is 6.30. The molecule has 0 saturated heterocycles. The highest BCUT2D eigenvalue weighted by Gasteiger charge is 2.12. The van der Waals surface area contributed by atoms with Gasteiger partial charge in [-0.05, 0) is 18.9 Å². The molecule has 0 rings (SSSR count). The Kier molecular flexibility index (Phi) is 8.76. The Balaban J connectivity index is 4.37. The number of nitrogens with two attached hydrogens (primary N) is 1.